The molecule has 2 saturated heterocycles. The number of ether oxygens (including phenoxy) is 6. The smallest absolute Gasteiger partial charge is 0.229 e. The summed E-state index contributed by atoms with van der Waals surface area (Å²) in [6.45, 7) is 1.11. The molecule has 0 aromatic heterocycles. The lowest BCUT2D eigenvalue weighted by Crippen LogP contribution is -2.61. The van der Waals surface area contributed by atoms with Gasteiger partial charge in [-0.2, -0.15) is 0 Å². The van der Waals surface area contributed by atoms with Crippen molar-refractivity contribution in [2.45, 2.75) is 68.3 Å². The molecule has 0 radical (unpaired) electrons. The van der Waals surface area contributed by atoms with Crippen LogP contribution in [0, 0.1) is 0 Å². The van der Waals surface area contributed by atoms with Gasteiger partial charge in [0.15, 0.2) is 17.8 Å². The maximum absolute atomic E-state index is 10.3. The predicted molar refractivity (Wildman–Crippen MR) is 105 cm³/mol. The third-order valence-corrected chi connectivity index (χ3v) is 5.51. The Bertz CT molecular complexity index is 747. The lowest BCUT2D eigenvalue weighted by molar-refractivity contribution is -0.318. The number of rotatable bonds is 7. The fourth-order valence-electron chi connectivity index (χ4n) is 3.52. The normalized spacial score (nSPS) is 40.0. The average molecular weight is 462 g/mol. The molecule has 182 valence electrons. The molecule has 12 nitrogen and oxygen atoms in total. The first-order chi connectivity index (χ1) is 15.2. The average Bonchev–Trinajstić information content (AvgIpc) is 2.79. The third kappa shape index (κ3) is 5.09. The van der Waals surface area contributed by atoms with Gasteiger partial charge in [-0.25, -0.2) is 0 Å². The molecule has 2 aliphatic heterocycles. The number of aliphatic hydroxyl groups is 6. The maximum atomic E-state index is 10.3. The summed E-state index contributed by atoms with van der Waals surface area (Å²) in [7, 11) is 2.92. The lowest BCUT2D eigenvalue weighted by atomic mass is 9.98. The highest BCUT2D eigenvalue weighted by Crippen LogP contribution is 2.33. The van der Waals surface area contributed by atoms with Gasteiger partial charge in [0.2, 0.25) is 6.29 Å². The first kappa shape index (κ1) is 24.9. The van der Waals surface area contributed by atoms with Gasteiger partial charge in [0.05, 0.1) is 26.9 Å². The number of hydrogen-bond donors (Lipinski definition) is 6. The second-order valence-electron chi connectivity index (χ2n) is 7.66. The van der Waals surface area contributed by atoms with E-state index in [-0.39, 0.29) is 12.4 Å². The van der Waals surface area contributed by atoms with Crippen molar-refractivity contribution in [3.8, 4) is 17.2 Å². The molecule has 0 spiro atoms. The molecule has 1 aromatic rings. The van der Waals surface area contributed by atoms with Crippen molar-refractivity contribution in [2.24, 2.45) is 0 Å². The van der Waals surface area contributed by atoms with Crippen molar-refractivity contribution in [2.75, 3.05) is 20.8 Å². The van der Waals surface area contributed by atoms with Crippen molar-refractivity contribution in [3.05, 3.63) is 18.2 Å². The van der Waals surface area contributed by atoms with Gasteiger partial charge in [-0.15, -0.1) is 0 Å². The monoisotopic (exact) mass is 462 g/mol. The Hall–Kier alpha value is -1.74. The molecule has 0 amide bonds. The van der Waals surface area contributed by atoms with Gasteiger partial charge in [-0.3, -0.25) is 0 Å². The van der Waals surface area contributed by atoms with Gasteiger partial charge in [-0.1, -0.05) is 0 Å². The van der Waals surface area contributed by atoms with Crippen molar-refractivity contribution < 1.29 is 59.1 Å². The molecule has 2 heterocycles. The van der Waals surface area contributed by atoms with E-state index >= 15 is 0 Å². The predicted octanol–water partition coefficient (Wildman–Crippen LogP) is -2.27. The van der Waals surface area contributed by atoms with E-state index < -0.39 is 61.4 Å². The second-order valence-corrected chi connectivity index (χ2v) is 7.66. The standard InChI is InChI=1S/C20H30O12/c1-8-13(21)15(23)17(25)19(30-8)29-7-12-14(22)16(24)18(26)20(32-12)31-9-4-5-10(27-2)11(6-9)28-3/h4-6,8,12-26H,7H2,1-3H3/t8-,12+,13+,14+,15-,16+,17-,18+,19-,20-/m1/s1. The zero-order valence-electron chi connectivity index (χ0n) is 17.8. The van der Waals surface area contributed by atoms with Crippen molar-refractivity contribution in [1.82, 2.24) is 0 Å². The fourth-order valence-corrected chi connectivity index (χ4v) is 3.52. The molecule has 0 aliphatic carbocycles. The summed E-state index contributed by atoms with van der Waals surface area (Å²) in [5.74, 6) is 1.07. The van der Waals surface area contributed by atoms with Crippen LogP contribution in [-0.4, -0.2) is 113 Å². The van der Waals surface area contributed by atoms with E-state index in [0.717, 1.165) is 0 Å². The van der Waals surface area contributed by atoms with Crippen LogP contribution in [0.2, 0.25) is 0 Å². The van der Waals surface area contributed by atoms with Gasteiger partial charge in [0, 0.05) is 6.07 Å². The molecule has 1 aromatic carbocycles. The number of methoxy groups -OCH3 is 2. The first-order valence-electron chi connectivity index (χ1n) is 10.1. The Kier molecular flexibility index (Phi) is 8.14. The summed E-state index contributed by atoms with van der Waals surface area (Å²) in [5.41, 5.74) is 0. The van der Waals surface area contributed by atoms with Gasteiger partial charge in [0.1, 0.15) is 48.5 Å². The van der Waals surface area contributed by atoms with Crippen LogP contribution in [0.4, 0.5) is 0 Å². The van der Waals surface area contributed by atoms with Crippen molar-refractivity contribution in [1.29, 1.82) is 0 Å². The Labute approximate surface area is 184 Å². The molecule has 6 N–H and O–H groups in total. The third-order valence-electron chi connectivity index (χ3n) is 5.51. The maximum Gasteiger partial charge on any atom is 0.229 e. The van der Waals surface area contributed by atoms with Crippen LogP contribution in [0.25, 0.3) is 0 Å². The highest BCUT2D eigenvalue weighted by atomic mass is 16.7. The van der Waals surface area contributed by atoms with Crippen LogP contribution in [-0.2, 0) is 14.2 Å². The molecule has 0 unspecified atom stereocenters. The minimum atomic E-state index is -1.62. The largest absolute Gasteiger partial charge is 0.493 e. The Balaban J connectivity index is 1.66. The summed E-state index contributed by atoms with van der Waals surface area (Å²) in [5, 5.41) is 60.5. The van der Waals surface area contributed by atoms with Crippen LogP contribution in [0.1, 0.15) is 6.92 Å². The summed E-state index contributed by atoms with van der Waals surface area (Å²) in [6.07, 6.45) is -13.7. The van der Waals surface area contributed by atoms with E-state index in [1.165, 1.54) is 27.2 Å². The Morgan fingerprint density at radius 1 is 0.750 bits per heavy atom. The van der Waals surface area contributed by atoms with Crippen molar-refractivity contribution in [3.63, 3.8) is 0 Å². The fraction of sp³-hybridized carbons (Fsp3) is 0.700. The summed E-state index contributed by atoms with van der Waals surface area (Å²) < 4.78 is 32.3. The Morgan fingerprint density at radius 3 is 2.03 bits per heavy atom. The molecule has 12 heteroatoms. The Morgan fingerprint density at radius 2 is 1.38 bits per heavy atom. The van der Waals surface area contributed by atoms with E-state index in [0.29, 0.717) is 11.5 Å². The quantitative estimate of drug-likeness (QED) is 0.257. The second kappa shape index (κ2) is 10.5. The number of hydrogen-bond acceptors (Lipinski definition) is 12. The topological polar surface area (TPSA) is 177 Å². The molecule has 2 fully saturated rings. The number of aliphatic hydroxyl groups excluding tert-OH is 6. The summed E-state index contributed by atoms with van der Waals surface area (Å²) in [6, 6.07) is 4.62. The van der Waals surface area contributed by atoms with Crippen molar-refractivity contribution >= 4 is 0 Å². The van der Waals surface area contributed by atoms with Gasteiger partial charge >= 0.3 is 0 Å². The lowest BCUT2D eigenvalue weighted by Gasteiger charge is -2.42. The zero-order chi connectivity index (χ0) is 23.6. The minimum absolute atomic E-state index is 0.243. The first-order valence-corrected chi connectivity index (χ1v) is 10.1. The molecule has 0 bridgehead atoms. The number of benzene rings is 1. The van der Waals surface area contributed by atoms with E-state index in [1.54, 1.807) is 12.1 Å². The van der Waals surface area contributed by atoms with E-state index in [1.807, 2.05) is 0 Å². The van der Waals surface area contributed by atoms with Gasteiger partial charge in [-0.05, 0) is 19.1 Å². The van der Waals surface area contributed by atoms with Gasteiger partial charge < -0.3 is 59.1 Å². The highest BCUT2D eigenvalue weighted by Gasteiger charge is 2.47. The summed E-state index contributed by atoms with van der Waals surface area (Å²) in [4.78, 5) is 0. The van der Waals surface area contributed by atoms with Gasteiger partial charge in [0.25, 0.3) is 0 Å². The van der Waals surface area contributed by atoms with Crippen LogP contribution in [0.15, 0.2) is 18.2 Å². The van der Waals surface area contributed by atoms with E-state index in [9.17, 15) is 30.6 Å². The van der Waals surface area contributed by atoms with E-state index in [2.05, 4.69) is 0 Å². The highest BCUT2D eigenvalue weighted by molar-refractivity contribution is 5.45. The molecule has 2 aliphatic rings. The van der Waals surface area contributed by atoms with Crippen LogP contribution in [0.5, 0.6) is 17.2 Å². The summed E-state index contributed by atoms with van der Waals surface area (Å²) >= 11 is 0. The SMILES string of the molecule is COc1ccc(O[C@@H]2O[C@@H](CO[C@@H]3O[C@H](C)[C@H](O)[C@@H](O)[C@H]3O)[C@H](O)[C@H](O)[C@@H]2O)cc1OC. The molecule has 0 saturated carbocycles. The molecule has 32 heavy (non-hydrogen) atoms. The van der Waals surface area contributed by atoms with Crippen LogP contribution < -0.4 is 14.2 Å². The van der Waals surface area contributed by atoms with E-state index in [4.69, 9.17) is 28.4 Å². The van der Waals surface area contributed by atoms with Crippen LogP contribution in [0.3, 0.4) is 0 Å². The molecular weight excluding hydrogens is 432 g/mol. The molecular formula is C20H30O12. The zero-order valence-corrected chi connectivity index (χ0v) is 17.8. The molecule has 10 atom stereocenters. The minimum Gasteiger partial charge on any atom is -0.493 e. The molecule has 3 rings (SSSR count). The van der Waals surface area contributed by atoms with Crippen LogP contribution >= 0.6 is 0 Å².